The molecule has 0 atom stereocenters. The van der Waals surface area contributed by atoms with Gasteiger partial charge in [0.15, 0.2) is 0 Å². The van der Waals surface area contributed by atoms with Gasteiger partial charge >= 0.3 is 215 Å². The fraction of sp³-hybridized carbons (Fsp3) is 0.222. The molecule has 6 heteroatoms. The third-order valence-electron chi connectivity index (χ3n) is 5.52. The first-order chi connectivity index (χ1) is 15.6. The van der Waals surface area contributed by atoms with Gasteiger partial charge in [0.05, 0.1) is 0 Å². The summed E-state index contributed by atoms with van der Waals surface area (Å²) in [5, 5.41) is 0. The zero-order valence-corrected chi connectivity index (χ0v) is 26.4. The number of fused-ring (bicyclic) bond motifs is 2. The van der Waals surface area contributed by atoms with Crippen LogP contribution in [-0.4, -0.2) is 51.0 Å². The van der Waals surface area contributed by atoms with Crippen LogP contribution in [-0.2, 0) is 0 Å². The fourth-order valence-corrected chi connectivity index (χ4v) is 19.1. The monoisotopic (exact) mass is 663 g/mol. The Kier molecular flexibility index (Phi) is 7.11. The van der Waals surface area contributed by atoms with Crippen LogP contribution in [0.25, 0.3) is 23.5 Å². The van der Waals surface area contributed by atoms with E-state index in [0.717, 1.165) is 11.4 Å². The van der Waals surface area contributed by atoms with Gasteiger partial charge in [-0.1, -0.05) is 0 Å². The molecule has 0 fully saturated rings. The first kappa shape index (κ1) is 24.2. The Morgan fingerprint density at radius 2 is 0.939 bits per heavy atom. The van der Waals surface area contributed by atoms with Crippen LogP contribution in [0.5, 0.6) is 0 Å². The molecule has 2 bridgehead atoms. The fourth-order valence-electron chi connectivity index (χ4n) is 3.91. The van der Waals surface area contributed by atoms with Crippen LogP contribution in [0, 0.1) is 0 Å². The second-order valence-corrected chi connectivity index (χ2v) is 27.7. The van der Waals surface area contributed by atoms with E-state index in [2.05, 4.69) is 135 Å². The van der Waals surface area contributed by atoms with Gasteiger partial charge in [-0.2, -0.15) is 0 Å². The summed E-state index contributed by atoms with van der Waals surface area (Å²) >= 11 is -1.51. The quantitative estimate of drug-likeness (QED) is 0.284. The molecule has 168 valence electrons. The van der Waals surface area contributed by atoms with Crippen molar-refractivity contribution in [2.75, 3.05) is 0 Å². The van der Waals surface area contributed by atoms with Crippen LogP contribution in [0.15, 0.2) is 78.9 Å². The van der Waals surface area contributed by atoms with Crippen LogP contribution in [0.4, 0.5) is 0 Å². The number of hydrogen-bond donors (Lipinski definition) is 0. The van der Waals surface area contributed by atoms with Crippen molar-refractivity contribution in [1.29, 1.82) is 0 Å². The Hall–Kier alpha value is -1.97. The molecule has 0 N–H and O–H groups in total. The molecule has 0 spiro atoms. The van der Waals surface area contributed by atoms with E-state index >= 15 is 0 Å². The van der Waals surface area contributed by atoms with E-state index in [9.17, 15) is 0 Å². The second kappa shape index (κ2) is 9.72. The van der Waals surface area contributed by atoms with Gasteiger partial charge in [-0.3, -0.25) is 0 Å². The molecule has 1 aliphatic rings. The summed E-state index contributed by atoms with van der Waals surface area (Å²) in [5.74, 6) is 0. The van der Waals surface area contributed by atoms with Crippen LogP contribution in [0.2, 0.25) is 39.3 Å². The molecule has 4 rings (SSSR count). The molecule has 1 aromatic heterocycles. The van der Waals surface area contributed by atoms with Crippen molar-refractivity contribution in [2.45, 2.75) is 39.3 Å². The standard InChI is InChI=1S/C27H33N3Si2.Pb/c1-31(2,3)29-26(22-14-9-7-10-15-22)20-24-18-13-19-25(28-24)21-27(30-32(4,5)6)23-16-11-8-12-17-23;/h7-21H,1-6H3;/q-2;+2/b26-20-,27-21-;. The van der Waals surface area contributed by atoms with Crippen molar-refractivity contribution < 1.29 is 0 Å². The van der Waals surface area contributed by atoms with E-state index < -0.39 is 41.3 Å². The van der Waals surface area contributed by atoms with Gasteiger partial charge in [0.25, 0.3) is 0 Å². The normalized spacial score (nSPS) is 18.2. The first-order valence-corrected chi connectivity index (χ1v) is 21.9. The Bertz CT molecular complexity index is 1070. The first-order valence-electron chi connectivity index (χ1n) is 11.5. The summed E-state index contributed by atoms with van der Waals surface area (Å²) in [6, 6.07) is 28.3. The minimum atomic E-state index is -1.68. The summed E-state index contributed by atoms with van der Waals surface area (Å²) in [4.78, 5) is 5.06. The summed E-state index contributed by atoms with van der Waals surface area (Å²) in [6.07, 6.45) is 4.65. The van der Waals surface area contributed by atoms with E-state index in [1.165, 1.54) is 22.5 Å². The third kappa shape index (κ3) is 5.75. The molecule has 3 nitrogen and oxygen atoms in total. The minimum absolute atomic E-state index is 1.03. The van der Waals surface area contributed by atoms with Crippen LogP contribution < -0.4 is 0 Å². The van der Waals surface area contributed by atoms with Crippen molar-refractivity contribution >= 4 is 64.8 Å². The van der Waals surface area contributed by atoms with E-state index in [1.807, 2.05) is 0 Å². The molecule has 2 aromatic carbocycles. The van der Waals surface area contributed by atoms with E-state index in [1.54, 1.807) is 0 Å². The SMILES string of the molecule is C[Si](C)(C)[N]1[Pb][N]([Si](C)(C)C)/C(c2ccccc2)=C\c2cccc(n2)/C=C\1c1ccccc1. The van der Waals surface area contributed by atoms with Crippen molar-refractivity contribution in [3.63, 3.8) is 0 Å². The number of hydrogen-bond acceptors (Lipinski definition) is 3. The molecule has 0 amide bonds. The van der Waals surface area contributed by atoms with Crippen molar-refractivity contribution in [2.24, 2.45) is 0 Å². The maximum atomic E-state index is 5.06. The van der Waals surface area contributed by atoms with Gasteiger partial charge < -0.3 is 0 Å². The molecule has 0 aliphatic carbocycles. The van der Waals surface area contributed by atoms with E-state index in [-0.39, 0.29) is 0 Å². The molecular formula is C27H33N3PbSi2. The van der Waals surface area contributed by atoms with Gasteiger partial charge in [0, 0.05) is 0 Å². The van der Waals surface area contributed by atoms with Crippen LogP contribution in [0.1, 0.15) is 22.5 Å². The third-order valence-corrected chi connectivity index (χ3v) is 29.5. The van der Waals surface area contributed by atoms with E-state index in [4.69, 9.17) is 4.98 Å². The average molecular weight is 663 g/mol. The molecule has 33 heavy (non-hydrogen) atoms. The molecule has 0 unspecified atom stereocenters. The number of rotatable bonds is 4. The molecule has 2 heterocycles. The average Bonchev–Trinajstić information content (AvgIpc) is 2.77. The van der Waals surface area contributed by atoms with Gasteiger partial charge in [0.1, 0.15) is 0 Å². The van der Waals surface area contributed by atoms with Crippen molar-refractivity contribution in [3.05, 3.63) is 101 Å². The van der Waals surface area contributed by atoms with Crippen molar-refractivity contribution in [3.8, 4) is 0 Å². The molecular weight excluding hydrogens is 630 g/mol. The van der Waals surface area contributed by atoms with Gasteiger partial charge in [-0.15, -0.1) is 0 Å². The second-order valence-electron chi connectivity index (χ2n) is 10.4. The zero-order chi connectivity index (χ0) is 23.6. The molecule has 3 aromatic rings. The Morgan fingerprint density at radius 1 is 0.545 bits per heavy atom. The molecule has 0 saturated heterocycles. The summed E-state index contributed by atoms with van der Waals surface area (Å²) in [7, 11) is -3.35. The molecule has 2 radical (unpaired) electrons. The predicted molar refractivity (Wildman–Crippen MR) is 149 cm³/mol. The van der Waals surface area contributed by atoms with Gasteiger partial charge in [-0.25, -0.2) is 0 Å². The number of nitrogens with zero attached hydrogens (tertiary/aromatic N) is 3. The predicted octanol–water partition coefficient (Wildman–Crippen LogP) is 6.90. The van der Waals surface area contributed by atoms with E-state index in [0.29, 0.717) is 0 Å². The number of benzene rings is 2. The topological polar surface area (TPSA) is 19.4 Å². The Morgan fingerprint density at radius 3 is 1.30 bits per heavy atom. The zero-order valence-electron chi connectivity index (χ0n) is 20.5. The molecule has 0 saturated carbocycles. The summed E-state index contributed by atoms with van der Waals surface area (Å²) in [6.45, 7) is 14.9. The number of aromatic nitrogens is 1. The summed E-state index contributed by atoms with van der Waals surface area (Å²) < 4.78 is 5.74. The van der Waals surface area contributed by atoms with Crippen molar-refractivity contribution in [1.82, 2.24) is 9.73 Å². The van der Waals surface area contributed by atoms with Gasteiger partial charge in [-0.05, 0) is 0 Å². The summed E-state index contributed by atoms with van der Waals surface area (Å²) in [5.41, 5.74) is 7.34. The van der Waals surface area contributed by atoms with Gasteiger partial charge in [0.2, 0.25) is 0 Å². The maximum absolute atomic E-state index is 5.06. The Balaban J connectivity index is 2.00. The van der Waals surface area contributed by atoms with Crippen LogP contribution in [0.3, 0.4) is 0 Å². The van der Waals surface area contributed by atoms with Crippen LogP contribution >= 0.6 is 0 Å². The molecule has 1 aliphatic heterocycles. The number of pyridine rings is 1. The Labute approximate surface area is 214 Å².